The Morgan fingerprint density at radius 2 is 1.81 bits per heavy atom. The summed E-state index contributed by atoms with van der Waals surface area (Å²) in [5.41, 5.74) is 1.00. The standard InChI is InChI=1S/C18H17N5O4/c1-25-10-16-20-18-19-9-14-15(23(18)21-16)4-5-22(17(14)24)11-6-12(26-2)8-13(7-11)27-3/h4-9H,10H2,1-3H3. The molecule has 0 unspecified atom stereocenters. The zero-order chi connectivity index (χ0) is 19.0. The van der Waals surface area contributed by atoms with E-state index in [1.807, 2.05) is 0 Å². The van der Waals surface area contributed by atoms with Crippen molar-refractivity contribution in [2.24, 2.45) is 0 Å². The summed E-state index contributed by atoms with van der Waals surface area (Å²) in [5, 5.41) is 4.78. The van der Waals surface area contributed by atoms with Crippen molar-refractivity contribution in [2.45, 2.75) is 6.61 Å². The van der Waals surface area contributed by atoms with Crippen LogP contribution < -0.4 is 15.0 Å². The molecule has 0 aliphatic heterocycles. The van der Waals surface area contributed by atoms with Gasteiger partial charge in [-0.2, -0.15) is 9.50 Å². The maximum absolute atomic E-state index is 13.1. The topological polar surface area (TPSA) is 92.8 Å². The summed E-state index contributed by atoms with van der Waals surface area (Å²) < 4.78 is 18.7. The third kappa shape index (κ3) is 2.87. The average molecular weight is 367 g/mol. The molecule has 0 bridgehead atoms. The molecule has 1 aromatic carbocycles. The van der Waals surface area contributed by atoms with E-state index in [4.69, 9.17) is 14.2 Å². The molecule has 3 aromatic heterocycles. The molecule has 0 aliphatic rings. The van der Waals surface area contributed by atoms with Gasteiger partial charge >= 0.3 is 0 Å². The van der Waals surface area contributed by atoms with Crippen molar-refractivity contribution in [1.29, 1.82) is 0 Å². The number of rotatable bonds is 5. The van der Waals surface area contributed by atoms with Crippen molar-refractivity contribution in [3.63, 3.8) is 0 Å². The normalized spacial score (nSPS) is 11.2. The van der Waals surface area contributed by atoms with Crippen LogP contribution in [0.5, 0.6) is 11.5 Å². The fourth-order valence-corrected chi connectivity index (χ4v) is 2.89. The van der Waals surface area contributed by atoms with Crippen molar-refractivity contribution in [3.05, 3.63) is 52.8 Å². The lowest BCUT2D eigenvalue weighted by Gasteiger charge is -2.11. The van der Waals surface area contributed by atoms with Crippen LogP contribution in [0.25, 0.3) is 22.4 Å². The van der Waals surface area contributed by atoms with Gasteiger partial charge in [0.1, 0.15) is 18.1 Å². The fraction of sp³-hybridized carbons (Fsp3) is 0.222. The molecule has 0 radical (unpaired) electrons. The average Bonchev–Trinajstić information content (AvgIpc) is 3.11. The number of benzene rings is 1. The summed E-state index contributed by atoms with van der Waals surface area (Å²) in [4.78, 5) is 21.6. The molecule has 9 heteroatoms. The number of nitrogens with zero attached hydrogens (tertiary/aromatic N) is 5. The molecular formula is C18H17N5O4. The van der Waals surface area contributed by atoms with E-state index in [-0.39, 0.29) is 12.2 Å². The van der Waals surface area contributed by atoms with Gasteiger partial charge in [0.25, 0.3) is 11.3 Å². The molecule has 0 saturated heterocycles. The first-order chi connectivity index (χ1) is 13.1. The van der Waals surface area contributed by atoms with E-state index in [1.165, 1.54) is 10.8 Å². The van der Waals surface area contributed by atoms with Crippen LogP contribution in [0.15, 0.2) is 41.5 Å². The van der Waals surface area contributed by atoms with Gasteiger partial charge in [0, 0.05) is 37.7 Å². The van der Waals surface area contributed by atoms with Gasteiger partial charge in [0.2, 0.25) is 0 Å². The molecule has 0 amide bonds. The highest BCUT2D eigenvalue weighted by Gasteiger charge is 2.13. The van der Waals surface area contributed by atoms with E-state index >= 15 is 0 Å². The number of ether oxygens (including phenoxy) is 3. The predicted octanol–water partition coefficient (Wildman–Crippen LogP) is 1.59. The quantitative estimate of drug-likeness (QED) is 0.529. The van der Waals surface area contributed by atoms with Crippen molar-refractivity contribution >= 4 is 16.7 Å². The molecule has 0 atom stereocenters. The van der Waals surface area contributed by atoms with Crippen LogP contribution in [-0.4, -0.2) is 45.5 Å². The lowest BCUT2D eigenvalue weighted by atomic mass is 10.2. The van der Waals surface area contributed by atoms with Crippen LogP contribution >= 0.6 is 0 Å². The maximum Gasteiger partial charge on any atom is 0.266 e. The third-order valence-electron chi connectivity index (χ3n) is 4.17. The Kier molecular flexibility index (Phi) is 4.21. The van der Waals surface area contributed by atoms with E-state index in [0.717, 1.165) is 0 Å². The van der Waals surface area contributed by atoms with Crippen LogP contribution in [0.2, 0.25) is 0 Å². The van der Waals surface area contributed by atoms with Crippen molar-refractivity contribution < 1.29 is 14.2 Å². The molecule has 3 heterocycles. The summed E-state index contributed by atoms with van der Waals surface area (Å²) in [5.74, 6) is 2.09. The Morgan fingerprint density at radius 3 is 2.48 bits per heavy atom. The van der Waals surface area contributed by atoms with Crippen molar-refractivity contribution in [3.8, 4) is 17.2 Å². The van der Waals surface area contributed by atoms with E-state index in [0.29, 0.717) is 39.7 Å². The van der Waals surface area contributed by atoms with E-state index in [1.54, 1.807) is 56.3 Å². The first-order valence-corrected chi connectivity index (χ1v) is 8.13. The van der Waals surface area contributed by atoms with Crippen molar-refractivity contribution in [2.75, 3.05) is 21.3 Å². The number of pyridine rings is 1. The smallest absolute Gasteiger partial charge is 0.266 e. The minimum Gasteiger partial charge on any atom is -0.497 e. The van der Waals surface area contributed by atoms with Crippen LogP contribution in [0.1, 0.15) is 5.82 Å². The van der Waals surface area contributed by atoms with Crippen molar-refractivity contribution in [1.82, 2.24) is 24.1 Å². The Bertz CT molecular complexity index is 1180. The first-order valence-electron chi connectivity index (χ1n) is 8.13. The Morgan fingerprint density at radius 1 is 1.07 bits per heavy atom. The number of methoxy groups -OCH3 is 3. The van der Waals surface area contributed by atoms with Gasteiger partial charge in [-0.1, -0.05) is 0 Å². The van der Waals surface area contributed by atoms with E-state index in [9.17, 15) is 4.79 Å². The maximum atomic E-state index is 13.1. The monoisotopic (exact) mass is 367 g/mol. The van der Waals surface area contributed by atoms with Gasteiger partial charge in [0.05, 0.1) is 30.8 Å². The summed E-state index contributed by atoms with van der Waals surface area (Å²) >= 11 is 0. The van der Waals surface area contributed by atoms with E-state index < -0.39 is 0 Å². The summed E-state index contributed by atoms with van der Waals surface area (Å²) in [6, 6.07) is 7.05. The highest BCUT2D eigenvalue weighted by molar-refractivity contribution is 5.79. The molecule has 4 rings (SSSR count). The predicted molar refractivity (Wildman–Crippen MR) is 97.7 cm³/mol. The molecule has 27 heavy (non-hydrogen) atoms. The Balaban J connectivity index is 1.93. The Hall–Kier alpha value is -3.46. The molecular weight excluding hydrogens is 350 g/mol. The SMILES string of the molecule is COCc1nc2ncc3c(=O)n(-c4cc(OC)cc(OC)c4)ccc3n2n1. The molecule has 0 N–H and O–H groups in total. The van der Waals surface area contributed by atoms with Crippen LogP contribution in [0.4, 0.5) is 0 Å². The molecule has 0 spiro atoms. The first kappa shape index (κ1) is 17.0. The largest absolute Gasteiger partial charge is 0.497 e. The number of hydrogen-bond acceptors (Lipinski definition) is 7. The molecule has 0 saturated carbocycles. The van der Waals surface area contributed by atoms with Crippen LogP contribution in [0.3, 0.4) is 0 Å². The fourth-order valence-electron chi connectivity index (χ4n) is 2.89. The van der Waals surface area contributed by atoms with Gasteiger partial charge in [-0.25, -0.2) is 4.98 Å². The molecule has 4 aromatic rings. The second kappa shape index (κ2) is 6.69. The highest BCUT2D eigenvalue weighted by Crippen LogP contribution is 2.24. The van der Waals surface area contributed by atoms with Gasteiger partial charge in [-0.15, -0.1) is 5.10 Å². The molecule has 0 aliphatic carbocycles. The molecule has 9 nitrogen and oxygen atoms in total. The second-order valence-corrected chi connectivity index (χ2v) is 5.79. The lowest BCUT2D eigenvalue weighted by molar-refractivity contribution is 0.178. The zero-order valence-electron chi connectivity index (χ0n) is 15.0. The van der Waals surface area contributed by atoms with Gasteiger partial charge in [-0.05, 0) is 6.07 Å². The van der Waals surface area contributed by atoms with Crippen LogP contribution in [0, 0.1) is 0 Å². The lowest BCUT2D eigenvalue weighted by Crippen LogP contribution is -2.19. The molecule has 0 fully saturated rings. The summed E-state index contributed by atoms with van der Waals surface area (Å²) in [6.45, 7) is 0.269. The highest BCUT2D eigenvalue weighted by atomic mass is 16.5. The van der Waals surface area contributed by atoms with Gasteiger partial charge < -0.3 is 14.2 Å². The second-order valence-electron chi connectivity index (χ2n) is 5.79. The number of aromatic nitrogens is 5. The molecule has 138 valence electrons. The third-order valence-corrected chi connectivity index (χ3v) is 4.17. The number of fused-ring (bicyclic) bond motifs is 3. The van der Waals surface area contributed by atoms with Gasteiger partial charge in [-0.3, -0.25) is 9.36 Å². The summed E-state index contributed by atoms with van der Waals surface area (Å²) in [7, 11) is 4.69. The van der Waals surface area contributed by atoms with E-state index in [2.05, 4.69) is 15.1 Å². The zero-order valence-corrected chi connectivity index (χ0v) is 15.0. The van der Waals surface area contributed by atoms with Gasteiger partial charge in [0.15, 0.2) is 5.82 Å². The van der Waals surface area contributed by atoms with Crippen LogP contribution in [-0.2, 0) is 11.3 Å². The summed E-state index contributed by atoms with van der Waals surface area (Å²) in [6.07, 6.45) is 3.18. The minimum absolute atomic E-state index is 0.235. The number of hydrogen-bond donors (Lipinski definition) is 0. The Labute approximate surface area is 153 Å². The minimum atomic E-state index is -0.235.